The van der Waals surface area contributed by atoms with Gasteiger partial charge in [0.1, 0.15) is 0 Å². The molecule has 2 rings (SSSR count). The first-order valence-electron chi connectivity index (χ1n) is 8.28. The van der Waals surface area contributed by atoms with E-state index in [4.69, 9.17) is 10.2 Å². The van der Waals surface area contributed by atoms with Gasteiger partial charge >= 0.3 is 11.9 Å². The zero-order valence-electron chi connectivity index (χ0n) is 16.5. The highest BCUT2D eigenvalue weighted by molar-refractivity contribution is 5.85. The van der Waals surface area contributed by atoms with E-state index in [1.807, 2.05) is 72.8 Å². The predicted molar refractivity (Wildman–Crippen MR) is 118 cm³/mol. The van der Waals surface area contributed by atoms with Gasteiger partial charge in [0, 0.05) is 11.1 Å². The molecule has 2 aromatic carbocycles. The van der Waals surface area contributed by atoms with Crippen LogP contribution in [-0.4, -0.2) is 22.2 Å². The van der Waals surface area contributed by atoms with Gasteiger partial charge in [0.05, 0.1) is 0 Å². The fourth-order valence-corrected chi connectivity index (χ4v) is 1.18. The lowest BCUT2D eigenvalue weighted by atomic mass is 10.2. The highest BCUT2D eigenvalue weighted by Gasteiger charge is 1.90. The van der Waals surface area contributed by atoms with Crippen LogP contribution in [0, 0.1) is 0 Å². The summed E-state index contributed by atoms with van der Waals surface area (Å²) in [6.07, 6.45) is 3.67. The topological polar surface area (TPSA) is 74.6 Å². The summed E-state index contributed by atoms with van der Waals surface area (Å²) in [6, 6.07) is 20.1. The van der Waals surface area contributed by atoms with Gasteiger partial charge in [0.25, 0.3) is 0 Å². The van der Waals surface area contributed by atoms with Crippen LogP contribution in [0.25, 0.3) is 12.2 Å². The highest BCUT2D eigenvalue weighted by atomic mass is 16.4. The molecule has 2 N–H and O–H groups in total. The molecule has 0 aromatic heterocycles. The average molecular weight is 380 g/mol. The normalized spacial score (nSPS) is 8.07. The highest BCUT2D eigenvalue weighted by Crippen LogP contribution is 1.98. The average Bonchev–Trinajstić information content (AvgIpc) is 2.70. The molecule has 0 aliphatic heterocycles. The van der Waals surface area contributed by atoms with E-state index in [1.54, 1.807) is 0 Å². The predicted octanol–water partition coefficient (Wildman–Crippen LogP) is 5.95. The van der Waals surface area contributed by atoms with Gasteiger partial charge in [0.15, 0.2) is 0 Å². The third kappa shape index (κ3) is 17.2. The number of aliphatic carboxylic acids is 2. The summed E-state index contributed by atoms with van der Waals surface area (Å²) in [5, 5.41) is 15.8. The lowest BCUT2D eigenvalue weighted by molar-refractivity contribution is -0.133. The summed E-state index contributed by atoms with van der Waals surface area (Å²) < 4.78 is 0. The van der Waals surface area contributed by atoms with Crippen molar-refractivity contribution >= 4 is 24.1 Å². The minimum Gasteiger partial charge on any atom is -0.478 e. The molecule has 0 radical (unpaired) electrons. The van der Waals surface area contributed by atoms with Crippen molar-refractivity contribution in [3.05, 3.63) is 109 Å². The molecule has 4 heteroatoms. The quantitative estimate of drug-likeness (QED) is 0.642. The molecule has 0 bridgehead atoms. The summed E-state index contributed by atoms with van der Waals surface area (Å²) in [5.41, 5.74) is 2.70. The second kappa shape index (κ2) is 16.8. The summed E-state index contributed by atoms with van der Waals surface area (Å²) >= 11 is 0. The Balaban J connectivity index is 0. The first kappa shape index (κ1) is 26.6. The summed E-state index contributed by atoms with van der Waals surface area (Å²) in [4.78, 5) is 19.2. The number of hydrogen-bond acceptors (Lipinski definition) is 2. The van der Waals surface area contributed by atoms with Crippen molar-refractivity contribution in [1.29, 1.82) is 0 Å². The Bertz CT molecular complexity index is 668. The van der Waals surface area contributed by atoms with Crippen LogP contribution in [0.1, 0.15) is 25.0 Å². The minimum absolute atomic E-state index is 0.176. The van der Waals surface area contributed by atoms with Gasteiger partial charge in [-0.25, -0.2) is 9.59 Å². The molecule has 0 heterocycles. The van der Waals surface area contributed by atoms with Gasteiger partial charge in [-0.2, -0.15) is 0 Å². The van der Waals surface area contributed by atoms with E-state index in [0.717, 1.165) is 0 Å². The lowest BCUT2D eigenvalue weighted by Crippen LogP contribution is -1.92. The standard InChI is InChI=1S/2C8H8.2C4H6O2/c2*1-2-8-6-4-3-5-7-8;2*1-3(2)4(5)6/h2*2-7H,1H2;2*1H2,2H3,(H,5,6). The van der Waals surface area contributed by atoms with Gasteiger partial charge in [-0.1, -0.05) is 99.1 Å². The Hall–Kier alpha value is -3.66. The van der Waals surface area contributed by atoms with E-state index in [1.165, 1.54) is 25.0 Å². The van der Waals surface area contributed by atoms with E-state index in [0.29, 0.717) is 0 Å². The van der Waals surface area contributed by atoms with E-state index in [9.17, 15) is 9.59 Å². The van der Waals surface area contributed by atoms with Crippen LogP contribution >= 0.6 is 0 Å². The van der Waals surface area contributed by atoms with Crippen LogP contribution in [0.5, 0.6) is 0 Å². The number of carbonyl (C=O) groups is 2. The monoisotopic (exact) mass is 380 g/mol. The van der Waals surface area contributed by atoms with Crippen LogP contribution in [-0.2, 0) is 9.59 Å². The molecule has 0 fully saturated rings. The Kier molecular flexibility index (Phi) is 15.9. The van der Waals surface area contributed by atoms with Crippen LogP contribution < -0.4 is 0 Å². The number of benzene rings is 2. The van der Waals surface area contributed by atoms with Crippen molar-refractivity contribution in [3.8, 4) is 0 Å². The molecule has 2 aromatic rings. The largest absolute Gasteiger partial charge is 0.478 e. The Morgan fingerprint density at radius 2 is 0.893 bits per heavy atom. The number of carboxylic acids is 2. The van der Waals surface area contributed by atoms with E-state index in [-0.39, 0.29) is 11.1 Å². The summed E-state index contributed by atoms with van der Waals surface area (Å²) in [7, 11) is 0. The maximum absolute atomic E-state index is 9.60. The molecule has 0 amide bonds. The van der Waals surface area contributed by atoms with Crippen LogP contribution in [0.4, 0.5) is 0 Å². The van der Waals surface area contributed by atoms with Gasteiger partial charge in [-0.05, 0) is 25.0 Å². The fraction of sp³-hybridized carbons (Fsp3) is 0.0833. The molecular weight excluding hydrogens is 352 g/mol. The van der Waals surface area contributed by atoms with Crippen molar-refractivity contribution in [1.82, 2.24) is 0 Å². The van der Waals surface area contributed by atoms with E-state index < -0.39 is 11.9 Å². The second-order valence-corrected chi connectivity index (χ2v) is 5.40. The maximum Gasteiger partial charge on any atom is 0.330 e. The zero-order valence-corrected chi connectivity index (χ0v) is 16.5. The first-order chi connectivity index (χ1) is 13.1. The molecular formula is C24H28O4. The van der Waals surface area contributed by atoms with Crippen LogP contribution in [0.3, 0.4) is 0 Å². The molecule has 0 spiro atoms. The third-order valence-electron chi connectivity index (χ3n) is 2.80. The molecule has 0 saturated carbocycles. The number of rotatable bonds is 4. The fourth-order valence-electron chi connectivity index (χ4n) is 1.18. The second-order valence-electron chi connectivity index (χ2n) is 5.40. The Morgan fingerprint density at radius 1 is 0.679 bits per heavy atom. The number of carboxylic acid groups (broad SMARTS) is 2. The van der Waals surface area contributed by atoms with Gasteiger partial charge in [-0.15, -0.1) is 0 Å². The smallest absolute Gasteiger partial charge is 0.330 e. The zero-order chi connectivity index (χ0) is 21.9. The lowest BCUT2D eigenvalue weighted by Gasteiger charge is -1.85. The summed E-state index contributed by atoms with van der Waals surface area (Å²) in [5.74, 6) is -1.87. The van der Waals surface area contributed by atoms with E-state index in [2.05, 4.69) is 26.3 Å². The van der Waals surface area contributed by atoms with Crippen LogP contribution in [0.2, 0.25) is 0 Å². The Labute approximate surface area is 167 Å². The molecule has 148 valence electrons. The van der Waals surface area contributed by atoms with Gasteiger partial charge < -0.3 is 10.2 Å². The number of hydrogen-bond donors (Lipinski definition) is 2. The maximum atomic E-state index is 9.60. The summed E-state index contributed by atoms with van der Waals surface area (Å²) in [6.45, 7) is 16.5. The minimum atomic E-state index is -0.935. The van der Waals surface area contributed by atoms with Crippen LogP contribution in [0.15, 0.2) is 98.1 Å². The molecule has 4 nitrogen and oxygen atoms in total. The first-order valence-corrected chi connectivity index (χ1v) is 8.28. The molecule has 28 heavy (non-hydrogen) atoms. The molecule has 0 saturated heterocycles. The third-order valence-corrected chi connectivity index (χ3v) is 2.80. The molecule has 0 unspecified atom stereocenters. The van der Waals surface area contributed by atoms with Crippen molar-refractivity contribution in [3.63, 3.8) is 0 Å². The van der Waals surface area contributed by atoms with Gasteiger partial charge in [0.2, 0.25) is 0 Å². The molecule has 0 aliphatic rings. The molecule has 0 aliphatic carbocycles. The van der Waals surface area contributed by atoms with Crippen molar-refractivity contribution in [2.45, 2.75) is 13.8 Å². The van der Waals surface area contributed by atoms with Crippen molar-refractivity contribution < 1.29 is 19.8 Å². The van der Waals surface area contributed by atoms with Crippen molar-refractivity contribution in [2.24, 2.45) is 0 Å². The van der Waals surface area contributed by atoms with Crippen molar-refractivity contribution in [2.75, 3.05) is 0 Å². The Morgan fingerprint density at radius 3 is 1.00 bits per heavy atom. The SMILES string of the molecule is C=C(C)C(=O)O.C=C(C)C(=O)O.C=Cc1ccccc1.C=Cc1ccccc1. The molecule has 0 atom stereocenters. The van der Waals surface area contributed by atoms with E-state index >= 15 is 0 Å². The van der Waals surface area contributed by atoms with Gasteiger partial charge in [-0.3, -0.25) is 0 Å².